The molecule has 7 nitrogen and oxygen atoms in total. The number of imidazole rings is 1. The van der Waals surface area contributed by atoms with Crippen molar-refractivity contribution in [1.29, 1.82) is 0 Å². The summed E-state index contributed by atoms with van der Waals surface area (Å²) in [6.45, 7) is 4.62. The fraction of sp³-hybridized carbons (Fsp3) is 0.278. The fourth-order valence-electron chi connectivity index (χ4n) is 2.66. The first-order chi connectivity index (χ1) is 12.1. The maximum absolute atomic E-state index is 12.1. The van der Waals surface area contributed by atoms with Crippen molar-refractivity contribution in [1.82, 2.24) is 20.2 Å². The maximum Gasteiger partial charge on any atom is 0.287 e. The normalized spacial score (nSPS) is 12.1. The molecule has 130 valence electrons. The van der Waals surface area contributed by atoms with Crippen LogP contribution in [0.5, 0.6) is 0 Å². The van der Waals surface area contributed by atoms with Gasteiger partial charge in [0.25, 0.3) is 5.91 Å². The van der Waals surface area contributed by atoms with Gasteiger partial charge in [-0.1, -0.05) is 12.1 Å². The van der Waals surface area contributed by atoms with Gasteiger partial charge in [-0.2, -0.15) is 0 Å². The van der Waals surface area contributed by atoms with E-state index in [1.54, 1.807) is 19.1 Å². The molecule has 1 atom stereocenters. The summed E-state index contributed by atoms with van der Waals surface area (Å²) in [5.74, 6) is 0.417. The molecule has 1 unspecified atom stereocenters. The summed E-state index contributed by atoms with van der Waals surface area (Å²) in [5.41, 5.74) is 1.97. The number of rotatable bonds is 6. The second-order valence-electron chi connectivity index (χ2n) is 5.76. The van der Waals surface area contributed by atoms with E-state index < -0.39 is 11.9 Å². The lowest BCUT2D eigenvalue weighted by Crippen LogP contribution is -2.45. The number of aryl methyl sites for hydroxylation is 1. The number of para-hydroxylation sites is 2. The van der Waals surface area contributed by atoms with Crippen molar-refractivity contribution in [2.24, 2.45) is 0 Å². The van der Waals surface area contributed by atoms with E-state index in [1.165, 1.54) is 6.26 Å². The first-order valence-electron chi connectivity index (χ1n) is 8.10. The summed E-state index contributed by atoms with van der Waals surface area (Å²) in [7, 11) is 0. The molecular formula is C18H20N4O3. The number of benzene rings is 1. The second-order valence-corrected chi connectivity index (χ2v) is 5.76. The minimum atomic E-state index is -0.654. The minimum Gasteiger partial charge on any atom is -0.459 e. The molecule has 25 heavy (non-hydrogen) atoms. The third kappa shape index (κ3) is 3.71. The molecule has 2 heterocycles. The van der Waals surface area contributed by atoms with Gasteiger partial charge in [-0.05, 0) is 38.1 Å². The third-order valence-electron chi connectivity index (χ3n) is 3.97. The monoisotopic (exact) mass is 340 g/mol. The molecule has 2 aromatic heterocycles. The highest BCUT2D eigenvalue weighted by Crippen LogP contribution is 2.14. The number of hydrogen-bond acceptors (Lipinski definition) is 4. The molecule has 0 spiro atoms. The Balaban J connectivity index is 1.53. The smallest absolute Gasteiger partial charge is 0.287 e. The number of aromatic nitrogens is 2. The Morgan fingerprint density at radius 1 is 1.24 bits per heavy atom. The van der Waals surface area contributed by atoms with Crippen LogP contribution in [0.25, 0.3) is 11.0 Å². The summed E-state index contributed by atoms with van der Waals surface area (Å²) in [6, 6.07) is 10.4. The molecule has 3 rings (SSSR count). The highest BCUT2D eigenvalue weighted by molar-refractivity contribution is 5.95. The zero-order valence-electron chi connectivity index (χ0n) is 14.2. The molecule has 3 aromatic rings. The Hall–Kier alpha value is -3.09. The number of hydrogen-bond donors (Lipinski definition) is 2. The van der Waals surface area contributed by atoms with Crippen LogP contribution in [0.3, 0.4) is 0 Å². The first-order valence-corrected chi connectivity index (χ1v) is 8.10. The highest BCUT2D eigenvalue weighted by Gasteiger charge is 2.17. The molecule has 2 amide bonds. The average Bonchev–Trinajstić information content (AvgIpc) is 3.23. The quantitative estimate of drug-likeness (QED) is 0.717. The number of carbonyl (C=O) groups excluding carboxylic acids is 2. The van der Waals surface area contributed by atoms with E-state index in [4.69, 9.17) is 4.42 Å². The van der Waals surface area contributed by atoms with Crippen molar-refractivity contribution in [2.45, 2.75) is 26.4 Å². The zero-order chi connectivity index (χ0) is 17.8. The molecule has 0 bridgehead atoms. The molecule has 1 aromatic carbocycles. The minimum absolute atomic E-state index is 0.181. The van der Waals surface area contributed by atoms with Crippen LogP contribution in [0.1, 0.15) is 23.3 Å². The number of amides is 2. The lowest BCUT2D eigenvalue weighted by atomic mass is 10.3. The van der Waals surface area contributed by atoms with Crippen LogP contribution in [-0.2, 0) is 11.3 Å². The van der Waals surface area contributed by atoms with Crippen molar-refractivity contribution in [3.8, 4) is 0 Å². The van der Waals surface area contributed by atoms with Crippen LogP contribution in [-0.4, -0.2) is 34.0 Å². The molecule has 0 aliphatic heterocycles. The van der Waals surface area contributed by atoms with Crippen LogP contribution in [0.2, 0.25) is 0 Å². The second kappa shape index (κ2) is 7.21. The summed E-state index contributed by atoms with van der Waals surface area (Å²) >= 11 is 0. The number of carbonyl (C=O) groups is 2. The van der Waals surface area contributed by atoms with Gasteiger partial charge in [-0.25, -0.2) is 4.98 Å². The Morgan fingerprint density at radius 2 is 2.04 bits per heavy atom. The standard InChI is InChI=1S/C18H20N4O3/c1-12(20-18(24)16-8-5-11-25-16)17(23)19-9-10-22-13(2)21-14-6-3-4-7-15(14)22/h3-8,11-12H,9-10H2,1-2H3,(H,19,23)(H,20,24). The van der Waals surface area contributed by atoms with Crippen LogP contribution >= 0.6 is 0 Å². The van der Waals surface area contributed by atoms with Gasteiger partial charge in [0.2, 0.25) is 5.91 Å². The number of fused-ring (bicyclic) bond motifs is 1. The topological polar surface area (TPSA) is 89.2 Å². The van der Waals surface area contributed by atoms with Crippen LogP contribution in [0.15, 0.2) is 47.1 Å². The van der Waals surface area contributed by atoms with E-state index in [0.29, 0.717) is 13.1 Å². The summed E-state index contributed by atoms with van der Waals surface area (Å²) < 4.78 is 7.06. The molecule has 0 saturated heterocycles. The lowest BCUT2D eigenvalue weighted by Gasteiger charge is -2.14. The lowest BCUT2D eigenvalue weighted by molar-refractivity contribution is -0.122. The van der Waals surface area contributed by atoms with Gasteiger partial charge in [-0.15, -0.1) is 0 Å². The van der Waals surface area contributed by atoms with Gasteiger partial charge in [0.05, 0.1) is 17.3 Å². The Morgan fingerprint density at radius 3 is 2.80 bits per heavy atom. The Kier molecular flexibility index (Phi) is 4.83. The van der Waals surface area contributed by atoms with E-state index in [0.717, 1.165) is 16.9 Å². The third-order valence-corrected chi connectivity index (χ3v) is 3.97. The van der Waals surface area contributed by atoms with Gasteiger partial charge in [0, 0.05) is 13.1 Å². The van der Waals surface area contributed by atoms with Gasteiger partial charge in [-0.3, -0.25) is 9.59 Å². The van der Waals surface area contributed by atoms with Crippen molar-refractivity contribution in [3.63, 3.8) is 0 Å². The predicted octanol–water partition coefficient (Wildman–Crippen LogP) is 1.87. The number of furan rings is 1. The fourth-order valence-corrected chi connectivity index (χ4v) is 2.66. The van der Waals surface area contributed by atoms with Gasteiger partial charge >= 0.3 is 0 Å². The summed E-state index contributed by atoms with van der Waals surface area (Å²) in [6.07, 6.45) is 1.41. The first kappa shape index (κ1) is 16.8. The SMILES string of the molecule is Cc1nc2ccccc2n1CCNC(=O)C(C)NC(=O)c1ccco1. The van der Waals surface area contributed by atoms with Crippen molar-refractivity contribution < 1.29 is 14.0 Å². The predicted molar refractivity (Wildman–Crippen MR) is 93.1 cm³/mol. The zero-order valence-corrected chi connectivity index (χ0v) is 14.2. The van der Waals surface area contributed by atoms with Crippen molar-refractivity contribution in [3.05, 3.63) is 54.2 Å². The van der Waals surface area contributed by atoms with Gasteiger partial charge in [0.1, 0.15) is 11.9 Å². The van der Waals surface area contributed by atoms with E-state index >= 15 is 0 Å². The maximum atomic E-state index is 12.1. The average molecular weight is 340 g/mol. The van der Waals surface area contributed by atoms with Crippen LogP contribution in [0.4, 0.5) is 0 Å². The molecule has 0 radical (unpaired) electrons. The summed E-state index contributed by atoms with van der Waals surface area (Å²) in [5, 5.41) is 5.43. The molecule has 7 heteroatoms. The molecule has 2 N–H and O–H groups in total. The van der Waals surface area contributed by atoms with Gasteiger partial charge in [0.15, 0.2) is 5.76 Å². The van der Waals surface area contributed by atoms with E-state index in [-0.39, 0.29) is 11.7 Å². The van der Waals surface area contributed by atoms with Crippen LogP contribution in [0, 0.1) is 6.92 Å². The summed E-state index contributed by atoms with van der Waals surface area (Å²) in [4.78, 5) is 28.5. The molecule has 0 fully saturated rings. The number of nitrogens with zero attached hydrogens (tertiary/aromatic N) is 2. The van der Waals surface area contributed by atoms with E-state index in [1.807, 2.05) is 31.2 Å². The highest BCUT2D eigenvalue weighted by atomic mass is 16.3. The Bertz CT molecular complexity index is 883. The largest absolute Gasteiger partial charge is 0.459 e. The number of nitrogens with one attached hydrogen (secondary N) is 2. The molecule has 0 aliphatic rings. The molecule has 0 saturated carbocycles. The van der Waals surface area contributed by atoms with Crippen molar-refractivity contribution in [2.75, 3.05) is 6.54 Å². The Labute approximate surface area is 145 Å². The van der Waals surface area contributed by atoms with E-state index in [9.17, 15) is 9.59 Å². The van der Waals surface area contributed by atoms with Crippen LogP contribution < -0.4 is 10.6 Å². The van der Waals surface area contributed by atoms with Gasteiger partial charge < -0.3 is 19.6 Å². The van der Waals surface area contributed by atoms with Crippen molar-refractivity contribution >= 4 is 22.8 Å². The molecular weight excluding hydrogens is 320 g/mol. The molecule has 0 aliphatic carbocycles. The van der Waals surface area contributed by atoms with E-state index in [2.05, 4.69) is 20.2 Å².